The van der Waals surface area contributed by atoms with Gasteiger partial charge in [-0.25, -0.2) is 0 Å². The SMILES string of the molecule is Cc1ncc(O)c(C=O)c1O.Cl. The van der Waals surface area contributed by atoms with E-state index in [4.69, 9.17) is 10.2 Å². The summed E-state index contributed by atoms with van der Waals surface area (Å²) in [5.74, 6) is -0.567. The lowest BCUT2D eigenvalue weighted by Gasteiger charge is -2.01. The number of carbonyl (C=O) groups excluding carboxylic acids is 1. The van der Waals surface area contributed by atoms with Crippen molar-refractivity contribution in [3.8, 4) is 11.5 Å². The van der Waals surface area contributed by atoms with Crippen LogP contribution in [-0.2, 0) is 0 Å². The quantitative estimate of drug-likeness (QED) is 0.648. The fourth-order valence-electron chi connectivity index (χ4n) is 0.721. The van der Waals surface area contributed by atoms with Crippen molar-refractivity contribution in [1.82, 2.24) is 4.98 Å². The molecule has 5 heteroatoms. The van der Waals surface area contributed by atoms with Crippen molar-refractivity contribution < 1.29 is 15.0 Å². The molecule has 1 rings (SSSR count). The molecule has 0 aliphatic rings. The Balaban J connectivity index is 0.00000121. The van der Waals surface area contributed by atoms with Crippen LogP contribution < -0.4 is 0 Å². The van der Waals surface area contributed by atoms with Gasteiger partial charge in [-0.1, -0.05) is 0 Å². The van der Waals surface area contributed by atoms with Crippen LogP contribution in [0, 0.1) is 6.92 Å². The average molecular weight is 190 g/mol. The van der Waals surface area contributed by atoms with Crippen LogP contribution in [0.15, 0.2) is 6.20 Å². The van der Waals surface area contributed by atoms with Gasteiger partial charge in [0.25, 0.3) is 0 Å². The standard InChI is InChI=1S/C7H7NO3.ClH/c1-4-7(11)5(3-9)6(10)2-8-4;/h2-3,10-11H,1H3;1H. The summed E-state index contributed by atoms with van der Waals surface area (Å²) in [4.78, 5) is 13.9. The fourth-order valence-corrected chi connectivity index (χ4v) is 0.721. The first kappa shape index (κ1) is 10.7. The first-order chi connectivity index (χ1) is 5.16. The predicted molar refractivity (Wildman–Crippen MR) is 44.9 cm³/mol. The summed E-state index contributed by atoms with van der Waals surface area (Å²) in [6.45, 7) is 1.54. The molecule has 1 aromatic rings. The van der Waals surface area contributed by atoms with Crippen LogP contribution in [0.3, 0.4) is 0 Å². The summed E-state index contributed by atoms with van der Waals surface area (Å²) >= 11 is 0. The van der Waals surface area contributed by atoms with Gasteiger partial charge in [0.2, 0.25) is 0 Å². The second-order valence-electron chi connectivity index (χ2n) is 2.11. The first-order valence-electron chi connectivity index (χ1n) is 2.99. The number of aryl methyl sites for hydroxylation is 1. The molecule has 0 bridgehead atoms. The van der Waals surface area contributed by atoms with E-state index < -0.39 is 0 Å². The first-order valence-corrected chi connectivity index (χ1v) is 2.99. The smallest absolute Gasteiger partial charge is 0.157 e. The third kappa shape index (κ3) is 1.65. The van der Waals surface area contributed by atoms with E-state index in [0.29, 0.717) is 12.0 Å². The van der Waals surface area contributed by atoms with Crippen LogP contribution in [0.25, 0.3) is 0 Å². The highest BCUT2D eigenvalue weighted by atomic mass is 35.5. The maximum absolute atomic E-state index is 10.3. The second-order valence-corrected chi connectivity index (χ2v) is 2.11. The minimum absolute atomic E-state index is 0. The fraction of sp³-hybridized carbons (Fsp3) is 0.143. The van der Waals surface area contributed by atoms with E-state index in [9.17, 15) is 4.79 Å². The maximum atomic E-state index is 10.3. The van der Waals surface area contributed by atoms with Crippen molar-refractivity contribution in [2.45, 2.75) is 6.92 Å². The van der Waals surface area contributed by atoms with Gasteiger partial charge in [-0.3, -0.25) is 9.78 Å². The summed E-state index contributed by atoms with van der Waals surface area (Å²) in [6.07, 6.45) is 1.51. The number of rotatable bonds is 1. The summed E-state index contributed by atoms with van der Waals surface area (Å²) in [5.41, 5.74) is 0.211. The minimum Gasteiger partial charge on any atom is -0.505 e. The topological polar surface area (TPSA) is 70.4 Å². The van der Waals surface area contributed by atoms with Crippen molar-refractivity contribution in [2.75, 3.05) is 0 Å². The van der Waals surface area contributed by atoms with E-state index >= 15 is 0 Å². The van der Waals surface area contributed by atoms with Crippen LogP contribution in [0.2, 0.25) is 0 Å². The molecule has 0 atom stereocenters. The summed E-state index contributed by atoms with van der Waals surface area (Å²) in [6, 6.07) is 0. The molecule has 0 spiro atoms. The number of hydrogen-bond donors (Lipinski definition) is 2. The van der Waals surface area contributed by atoms with E-state index in [0.717, 1.165) is 6.20 Å². The Morgan fingerprint density at radius 2 is 2.08 bits per heavy atom. The Kier molecular flexibility index (Phi) is 3.50. The van der Waals surface area contributed by atoms with Gasteiger partial charge in [-0.05, 0) is 6.92 Å². The molecule has 0 saturated carbocycles. The Hall–Kier alpha value is -1.29. The molecule has 2 N–H and O–H groups in total. The summed E-state index contributed by atoms with van der Waals surface area (Å²) in [5, 5.41) is 18.1. The maximum Gasteiger partial charge on any atom is 0.157 e. The highest BCUT2D eigenvalue weighted by Crippen LogP contribution is 2.25. The Morgan fingerprint density at radius 3 is 2.50 bits per heavy atom. The molecule has 0 unspecified atom stereocenters. The largest absolute Gasteiger partial charge is 0.505 e. The zero-order chi connectivity index (χ0) is 8.43. The molecule has 1 aromatic heterocycles. The van der Waals surface area contributed by atoms with Crippen molar-refractivity contribution >= 4 is 18.7 Å². The third-order valence-electron chi connectivity index (χ3n) is 1.37. The van der Waals surface area contributed by atoms with Gasteiger partial charge in [-0.2, -0.15) is 0 Å². The average Bonchev–Trinajstić information content (AvgIpc) is 1.99. The number of aldehydes is 1. The van der Waals surface area contributed by atoms with Crippen LogP contribution >= 0.6 is 12.4 Å². The van der Waals surface area contributed by atoms with E-state index in [1.54, 1.807) is 6.92 Å². The van der Waals surface area contributed by atoms with Crippen molar-refractivity contribution in [2.24, 2.45) is 0 Å². The van der Waals surface area contributed by atoms with Gasteiger partial charge in [-0.15, -0.1) is 12.4 Å². The van der Waals surface area contributed by atoms with Gasteiger partial charge < -0.3 is 10.2 Å². The molecule has 1 heterocycles. The molecule has 0 amide bonds. The predicted octanol–water partition coefficient (Wildman–Crippen LogP) is 1.04. The van der Waals surface area contributed by atoms with Gasteiger partial charge in [0.1, 0.15) is 11.3 Å². The minimum atomic E-state index is -0.303. The number of nitrogens with zero attached hydrogens (tertiary/aromatic N) is 1. The van der Waals surface area contributed by atoms with Crippen molar-refractivity contribution in [3.63, 3.8) is 0 Å². The molecular formula is C7H8ClNO3. The molecule has 66 valence electrons. The van der Waals surface area contributed by atoms with Crippen LogP contribution in [0.4, 0.5) is 0 Å². The van der Waals surface area contributed by atoms with Gasteiger partial charge >= 0.3 is 0 Å². The Bertz CT molecular complexity index is 301. The number of aromatic hydroxyl groups is 2. The van der Waals surface area contributed by atoms with Gasteiger partial charge in [0.15, 0.2) is 12.0 Å². The molecule has 12 heavy (non-hydrogen) atoms. The second kappa shape index (κ2) is 3.92. The van der Waals surface area contributed by atoms with Crippen LogP contribution in [0.1, 0.15) is 16.1 Å². The molecule has 0 aromatic carbocycles. The van der Waals surface area contributed by atoms with E-state index in [1.165, 1.54) is 0 Å². The van der Waals surface area contributed by atoms with Crippen molar-refractivity contribution in [1.29, 1.82) is 0 Å². The Morgan fingerprint density at radius 1 is 1.50 bits per heavy atom. The number of carbonyl (C=O) groups is 1. The number of hydrogen-bond acceptors (Lipinski definition) is 4. The zero-order valence-electron chi connectivity index (χ0n) is 6.31. The molecule has 0 saturated heterocycles. The van der Waals surface area contributed by atoms with Gasteiger partial charge in [0, 0.05) is 0 Å². The molecule has 0 aliphatic heterocycles. The van der Waals surface area contributed by atoms with E-state index in [2.05, 4.69) is 4.98 Å². The number of halogens is 1. The lowest BCUT2D eigenvalue weighted by molar-refractivity contribution is 0.111. The molecular weight excluding hydrogens is 182 g/mol. The summed E-state index contributed by atoms with van der Waals surface area (Å²) in [7, 11) is 0. The van der Waals surface area contributed by atoms with Crippen LogP contribution in [-0.4, -0.2) is 21.5 Å². The number of pyridine rings is 1. The third-order valence-corrected chi connectivity index (χ3v) is 1.37. The normalized spacial score (nSPS) is 8.75. The summed E-state index contributed by atoms with van der Waals surface area (Å²) < 4.78 is 0. The lowest BCUT2D eigenvalue weighted by atomic mass is 10.2. The van der Waals surface area contributed by atoms with Gasteiger partial charge in [0.05, 0.1) is 11.9 Å². The van der Waals surface area contributed by atoms with Crippen LogP contribution in [0.5, 0.6) is 11.5 Å². The molecule has 0 radical (unpaired) electrons. The molecule has 0 fully saturated rings. The highest BCUT2D eigenvalue weighted by molar-refractivity contribution is 5.85. The molecule has 0 aliphatic carbocycles. The monoisotopic (exact) mass is 189 g/mol. The number of aromatic nitrogens is 1. The highest BCUT2D eigenvalue weighted by Gasteiger charge is 2.08. The van der Waals surface area contributed by atoms with Crippen molar-refractivity contribution in [3.05, 3.63) is 17.5 Å². The lowest BCUT2D eigenvalue weighted by Crippen LogP contribution is -1.88. The van der Waals surface area contributed by atoms with E-state index in [-0.39, 0.29) is 29.5 Å². The Labute approximate surface area is 75.3 Å². The molecule has 4 nitrogen and oxygen atoms in total. The zero-order valence-corrected chi connectivity index (χ0v) is 7.13. The van der Waals surface area contributed by atoms with E-state index in [1.807, 2.05) is 0 Å².